The molecule has 0 spiro atoms. The third-order valence-corrected chi connectivity index (χ3v) is 4.24. The Hall–Kier alpha value is -1.40. The lowest BCUT2D eigenvalue weighted by molar-refractivity contribution is 0.103. The van der Waals surface area contributed by atoms with Gasteiger partial charge >= 0.3 is 0 Å². The number of pyridine rings is 1. The van der Waals surface area contributed by atoms with Crippen LogP contribution in [0.3, 0.4) is 0 Å². The molecule has 2 heterocycles. The van der Waals surface area contributed by atoms with Crippen LogP contribution in [0.4, 0.5) is 0 Å². The minimum Gasteiger partial charge on any atom is -0.297 e. The van der Waals surface area contributed by atoms with Gasteiger partial charge in [0.05, 0.1) is 22.9 Å². The number of nitriles is 1. The molecule has 18 heavy (non-hydrogen) atoms. The van der Waals surface area contributed by atoms with Gasteiger partial charge in [-0.2, -0.15) is 5.26 Å². The van der Waals surface area contributed by atoms with E-state index in [9.17, 15) is 5.26 Å². The van der Waals surface area contributed by atoms with Crippen LogP contribution in [0.15, 0.2) is 18.2 Å². The van der Waals surface area contributed by atoms with Gasteiger partial charge in [0.25, 0.3) is 0 Å². The van der Waals surface area contributed by atoms with Crippen LogP contribution in [0.1, 0.15) is 37.6 Å². The maximum Gasteiger partial charge on any atom is 0.0993 e. The van der Waals surface area contributed by atoms with Gasteiger partial charge in [-0.25, -0.2) is 0 Å². The van der Waals surface area contributed by atoms with Gasteiger partial charge < -0.3 is 0 Å². The van der Waals surface area contributed by atoms with Crippen LogP contribution >= 0.6 is 0 Å². The summed E-state index contributed by atoms with van der Waals surface area (Å²) in [7, 11) is 0. The number of hydrogen-bond acceptors (Lipinski definition) is 3. The summed E-state index contributed by atoms with van der Waals surface area (Å²) in [6.45, 7) is 5.56. The van der Waals surface area contributed by atoms with E-state index in [-0.39, 0.29) is 5.41 Å². The molecule has 0 atom stereocenters. The predicted molar refractivity (Wildman–Crippen MR) is 69.8 cm³/mol. The Kier molecular flexibility index (Phi) is 2.83. The highest BCUT2D eigenvalue weighted by atomic mass is 15.2. The van der Waals surface area contributed by atoms with E-state index in [4.69, 9.17) is 4.98 Å². The van der Waals surface area contributed by atoms with Gasteiger partial charge in [0.2, 0.25) is 0 Å². The smallest absolute Gasteiger partial charge is 0.0993 e. The van der Waals surface area contributed by atoms with E-state index in [0.717, 1.165) is 43.1 Å². The fraction of sp³-hybridized carbons (Fsp3) is 0.600. The third kappa shape index (κ3) is 1.91. The number of likely N-dealkylation sites (tertiary alicyclic amines) is 1. The van der Waals surface area contributed by atoms with Crippen molar-refractivity contribution >= 4 is 0 Å². The molecule has 1 aliphatic carbocycles. The van der Waals surface area contributed by atoms with E-state index in [1.54, 1.807) is 0 Å². The molecule has 0 unspecified atom stereocenters. The topological polar surface area (TPSA) is 39.9 Å². The normalized spacial score (nSPS) is 22.9. The molecule has 1 saturated heterocycles. The Balaban J connectivity index is 1.75. The first-order chi connectivity index (χ1) is 8.72. The fourth-order valence-corrected chi connectivity index (χ4v) is 2.98. The van der Waals surface area contributed by atoms with Gasteiger partial charge in [-0.05, 0) is 37.3 Å². The second kappa shape index (κ2) is 4.37. The van der Waals surface area contributed by atoms with E-state index in [0.29, 0.717) is 0 Å². The molecular weight excluding hydrogens is 222 g/mol. The number of hydrogen-bond donors (Lipinski definition) is 0. The second-order valence-electron chi connectivity index (χ2n) is 5.86. The molecule has 0 N–H and O–H groups in total. The lowest BCUT2D eigenvalue weighted by atomic mass is 9.67. The minimum absolute atomic E-state index is 0.280. The summed E-state index contributed by atoms with van der Waals surface area (Å²) >= 11 is 0. The number of nitrogens with zero attached hydrogens (tertiary/aromatic N) is 3. The second-order valence-corrected chi connectivity index (χ2v) is 5.86. The molecule has 0 amide bonds. The van der Waals surface area contributed by atoms with Gasteiger partial charge in [-0.3, -0.25) is 9.88 Å². The monoisotopic (exact) mass is 241 g/mol. The molecule has 2 aliphatic rings. The first-order valence-electron chi connectivity index (χ1n) is 6.82. The van der Waals surface area contributed by atoms with Gasteiger partial charge in [0.15, 0.2) is 0 Å². The van der Waals surface area contributed by atoms with Crippen molar-refractivity contribution in [1.29, 1.82) is 5.26 Å². The molecular formula is C15H19N3. The number of rotatable bonds is 3. The first-order valence-corrected chi connectivity index (χ1v) is 6.82. The Morgan fingerprint density at radius 2 is 2.22 bits per heavy atom. The molecule has 0 bridgehead atoms. The molecule has 1 aromatic rings. The van der Waals surface area contributed by atoms with Gasteiger partial charge in [-0.1, -0.05) is 13.0 Å². The largest absolute Gasteiger partial charge is 0.297 e. The van der Waals surface area contributed by atoms with Gasteiger partial charge in [0.1, 0.15) is 0 Å². The van der Waals surface area contributed by atoms with Crippen LogP contribution in [0, 0.1) is 17.2 Å². The van der Waals surface area contributed by atoms with Crippen LogP contribution < -0.4 is 0 Å². The molecule has 3 heteroatoms. The van der Waals surface area contributed by atoms with E-state index in [1.807, 2.05) is 6.07 Å². The lowest BCUT2D eigenvalue weighted by Crippen LogP contribution is -2.44. The highest BCUT2D eigenvalue weighted by molar-refractivity contribution is 5.30. The maximum absolute atomic E-state index is 9.35. The van der Waals surface area contributed by atoms with E-state index in [2.05, 4.69) is 30.0 Å². The lowest BCUT2D eigenvalue weighted by Gasteiger charge is -2.37. The van der Waals surface area contributed by atoms with Crippen molar-refractivity contribution in [3.8, 4) is 6.07 Å². The van der Waals surface area contributed by atoms with Crippen LogP contribution in [0.2, 0.25) is 0 Å². The SMILES string of the molecule is CC1CN(Cc2cccc(C3(C#N)CCC3)n2)C1. The summed E-state index contributed by atoms with van der Waals surface area (Å²) < 4.78 is 0. The summed E-state index contributed by atoms with van der Waals surface area (Å²) in [5.41, 5.74) is 1.82. The zero-order valence-corrected chi connectivity index (χ0v) is 10.9. The summed E-state index contributed by atoms with van der Waals surface area (Å²) in [5, 5.41) is 9.35. The molecule has 1 aromatic heterocycles. The zero-order valence-electron chi connectivity index (χ0n) is 10.9. The van der Waals surface area contributed by atoms with Crippen LogP contribution in [0.5, 0.6) is 0 Å². The Morgan fingerprint density at radius 1 is 1.44 bits per heavy atom. The molecule has 3 nitrogen and oxygen atoms in total. The molecule has 1 saturated carbocycles. The average molecular weight is 241 g/mol. The van der Waals surface area contributed by atoms with E-state index >= 15 is 0 Å². The molecule has 0 aromatic carbocycles. The Bertz CT molecular complexity index is 479. The van der Waals surface area contributed by atoms with Crippen molar-refractivity contribution in [1.82, 2.24) is 9.88 Å². The van der Waals surface area contributed by atoms with Crippen molar-refractivity contribution < 1.29 is 0 Å². The van der Waals surface area contributed by atoms with Crippen molar-refractivity contribution in [2.45, 2.75) is 38.1 Å². The Morgan fingerprint density at radius 3 is 2.78 bits per heavy atom. The van der Waals surface area contributed by atoms with Crippen molar-refractivity contribution in [2.24, 2.45) is 5.92 Å². The van der Waals surface area contributed by atoms with Crippen LogP contribution in [-0.2, 0) is 12.0 Å². The zero-order chi connectivity index (χ0) is 12.6. The average Bonchev–Trinajstić information content (AvgIpc) is 2.27. The fourth-order valence-electron chi connectivity index (χ4n) is 2.98. The predicted octanol–water partition coefficient (Wildman–Crippen LogP) is 2.48. The standard InChI is InChI=1S/C15H19N3/c1-12-8-18(9-12)10-13-4-2-5-14(17-13)15(11-16)6-3-7-15/h2,4-5,12H,3,6-10H2,1H3. The molecule has 1 aliphatic heterocycles. The highest BCUT2D eigenvalue weighted by Crippen LogP contribution is 2.42. The third-order valence-electron chi connectivity index (χ3n) is 4.24. The minimum atomic E-state index is -0.280. The Labute approximate surface area is 108 Å². The van der Waals surface area contributed by atoms with Gasteiger partial charge in [0, 0.05) is 19.6 Å². The van der Waals surface area contributed by atoms with Crippen LogP contribution in [-0.4, -0.2) is 23.0 Å². The first kappa shape index (κ1) is 11.7. The highest BCUT2D eigenvalue weighted by Gasteiger charge is 2.40. The quantitative estimate of drug-likeness (QED) is 0.816. The number of aromatic nitrogens is 1. The van der Waals surface area contributed by atoms with Crippen molar-refractivity contribution in [3.05, 3.63) is 29.6 Å². The summed E-state index contributed by atoms with van der Waals surface area (Å²) in [6.07, 6.45) is 3.10. The summed E-state index contributed by atoms with van der Waals surface area (Å²) in [4.78, 5) is 7.13. The maximum atomic E-state index is 9.35. The summed E-state index contributed by atoms with van der Waals surface area (Å²) in [5.74, 6) is 0.824. The van der Waals surface area contributed by atoms with E-state index in [1.165, 1.54) is 13.1 Å². The van der Waals surface area contributed by atoms with Crippen LogP contribution in [0.25, 0.3) is 0 Å². The molecule has 94 valence electrons. The van der Waals surface area contributed by atoms with Crippen molar-refractivity contribution in [3.63, 3.8) is 0 Å². The molecule has 0 radical (unpaired) electrons. The molecule has 2 fully saturated rings. The molecule has 3 rings (SSSR count). The van der Waals surface area contributed by atoms with Crippen molar-refractivity contribution in [2.75, 3.05) is 13.1 Å². The summed E-state index contributed by atoms with van der Waals surface area (Å²) in [6, 6.07) is 8.62. The van der Waals surface area contributed by atoms with E-state index < -0.39 is 0 Å². The van der Waals surface area contributed by atoms with Gasteiger partial charge in [-0.15, -0.1) is 0 Å².